The van der Waals surface area contributed by atoms with Gasteiger partial charge in [0.2, 0.25) is 0 Å². The monoisotopic (exact) mass is 420 g/mol. The molecule has 3 aromatic rings. The number of aromatic nitrogens is 1. The van der Waals surface area contributed by atoms with Crippen molar-refractivity contribution in [3.8, 4) is 5.75 Å². The molecule has 1 unspecified atom stereocenters. The molecule has 0 bridgehead atoms. The van der Waals surface area contributed by atoms with Gasteiger partial charge in [-0.3, -0.25) is 0 Å². The third kappa shape index (κ3) is 4.69. The lowest BCUT2D eigenvalue weighted by molar-refractivity contribution is 0.177. The molecule has 0 aliphatic carbocycles. The number of nitrogens with one attached hydrogen (secondary N) is 2. The van der Waals surface area contributed by atoms with Crippen molar-refractivity contribution in [3.63, 3.8) is 0 Å². The highest BCUT2D eigenvalue weighted by atomic mass is 16.5. The van der Waals surface area contributed by atoms with Crippen molar-refractivity contribution in [2.45, 2.75) is 24.8 Å². The fourth-order valence-electron chi connectivity index (χ4n) is 4.55. The lowest BCUT2D eigenvalue weighted by Crippen LogP contribution is -2.46. The van der Waals surface area contributed by atoms with Gasteiger partial charge in [0.1, 0.15) is 5.75 Å². The van der Waals surface area contributed by atoms with Gasteiger partial charge in [-0.25, -0.2) is 4.79 Å². The van der Waals surface area contributed by atoms with Gasteiger partial charge in [-0.15, -0.1) is 0 Å². The predicted octanol–water partition coefficient (Wildman–Crippen LogP) is 4.37. The number of rotatable bonds is 6. The number of urea groups is 1. The van der Waals surface area contributed by atoms with E-state index in [4.69, 9.17) is 4.74 Å². The van der Waals surface area contributed by atoms with E-state index in [0.717, 1.165) is 37.2 Å². The van der Waals surface area contributed by atoms with Crippen LogP contribution in [-0.4, -0.2) is 61.7 Å². The van der Waals surface area contributed by atoms with E-state index in [0.29, 0.717) is 12.5 Å². The number of para-hydroxylation sites is 1. The second-order valence-corrected chi connectivity index (χ2v) is 8.49. The minimum atomic E-state index is 0.0257. The first kappa shape index (κ1) is 21.2. The first-order valence-electron chi connectivity index (χ1n) is 11.0. The van der Waals surface area contributed by atoms with E-state index in [9.17, 15) is 4.79 Å². The van der Waals surface area contributed by atoms with Gasteiger partial charge in [0, 0.05) is 36.7 Å². The molecule has 6 heteroatoms. The SMILES string of the molecule is COc1ccc(C(CNC(=O)N2CCC(c3c[nH]c4ccccc34)CC2)N(C)C)cc1. The van der Waals surface area contributed by atoms with Gasteiger partial charge < -0.3 is 24.8 Å². The summed E-state index contributed by atoms with van der Waals surface area (Å²) in [4.78, 5) is 20.3. The molecule has 6 nitrogen and oxygen atoms in total. The van der Waals surface area contributed by atoms with Crippen molar-refractivity contribution < 1.29 is 9.53 Å². The van der Waals surface area contributed by atoms with E-state index in [1.807, 2.05) is 31.1 Å². The van der Waals surface area contributed by atoms with Gasteiger partial charge in [-0.05, 0) is 62.2 Å². The standard InChI is InChI=1S/C25H32N4O2/c1-28(2)24(19-8-10-20(31-3)11-9-19)17-27-25(30)29-14-12-18(13-15-29)22-16-26-23-7-5-4-6-21(22)23/h4-11,16,18,24,26H,12-15,17H2,1-3H3,(H,27,30). The van der Waals surface area contributed by atoms with Crippen LogP contribution in [0.2, 0.25) is 0 Å². The van der Waals surface area contributed by atoms with Crippen LogP contribution < -0.4 is 10.1 Å². The number of amides is 2. The molecule has 1 aromatic heterocycles. The van der Waals surface area contributed by atoms with Crippen LogP contribution in [-0.2, 0) is 0 Å². The number of methoxy groups -OCH3 is 1. The molecule has 31 heavy (non-hydrogen) atoms. The fraction of sp³-hybridized carbons (Fsp3) is 0.400. The molecule has 1 fully saturated rings. The Labute approximate surface area is 184 Å². The molecule has 1 saturated heterocycles. The van der Waals surface area contributed by atoms with Crippen LogP contribution in [0.25, 0.3) is 10.9 Å². The summed E-state index contributed by atoms with van der Waals surface area (Å²) in [5.74, 6) is 1.33. The van der Waals surface area contributed by atoms with Crippen LogP contribution in [0.1, 0.15) is 35.9 Å². The van der Waals surface area contributed by atoms with E-state index in [-0.39, 0.29) is 12.1 Å². The number of fused-ring (bicyclic) bond motifs is 1. The molecule has 0 spiro atoms. The largest absolute Gasteiger partial charge is 0.497 e. The molecule has 2 aromatic carbocycles. The molecule has 1 aliphatic heterocycles. The highest BCUT2D eigenvalue weighted by Crippen LogP contribution is 2.33. The van der Waals surface area contributed by atoms with Crippen molar-refractivity contribution in [2.75, 3.05) is 40.8 Å². The summed E-state index contributed by atoms with van der Waals surface area (Å²) in [6.45, 7) is 2.14. The fourth-order valence-corrected chi connectivity index (χ4v) is 4.55. The van der Waals surface area contributed by atoms with Crippen LogP contribution in [0.3, 0.4) is 0 Å². The second-order valence-electron chi connectivity index (χ2n) is 8.49. The van der Waals surface area contributed by atoms with Gasteiger partial charge in [-0.1, -0.05) is 30.3 Å². The average molecular weight is 421 g/mol. The van der Waals surface area contributed by atoms with E-state index in [1.54, 1.807) is 7.11 Å². The number of piperidine rings is 1. The van der Waals surface area contributed by atoms with Crippen LogP contribution in [0, 0.1) is 0 Å². The summed E-state index contributed by atoms with van der Waals surface area (Å²) in [6, 6.07) is 16.6. The number of carbonyl (C=O) groups is 1. The number of H-pyrrole nitrogens is 1. The number of ether oxygens (including phenoxy) is 1. The van der Waals surface area contributed by atoms with Crippen LogP contribution in [0.15, 0.2) is 54.7 Å². The highest BCUT2D eigenvalue weighted by molar-refractivity contribution is 5.83. The maximum absolute atomic E-state index is 12.8. The number of hydrogen-bond acceptors (Lipinski definition) is 3. The second kappa shape index (κ2) is 9.43. The summed E-state index contributed by atoms with van der Waals surface area (Å²) in [7, 11) is 5.74. The van der Waals surface area contributed by atoms with E-state index in [2.05, 4.69) is 57.8 Å². The first-order valence-corrected chi connectivity index (χ1v) is 11.0. The summed E-state index contributed by atoms with van der Waals surface area (Å²) < 4.78 is 5.25. The van der Waals surface area contributed by atoms with Gasteiger partial charge in [0.05, 0.1) is 13.2 Å². The number of hydrogen-bond donors (Lipinski definition) is 2. The molecule has 0 saturated carbocycles. The smallest absolute Gasteiger partial charge is 0.317 e. The molecule has 4 rings (SSSR count). The molecule has 0 radical (unpaired) electrons. The van der Waals surface area contributed by atoms with Crippen molar-refractivity contribution in [1.29, 1.82) is 0 Å². The van der Waals surface area contributed by atoms with E-state index in [1.165, 1.54) is 16.5 Å². The zero-order valence-electron chi connectivity index (χ0n) is 18.6. The minimum Gasteiger partial charge on any atom is -0.497 e. The zero-order valence-corrected chi connectivity index (χ0v) is 18.6. The predicted molar refractivity (Wildman–Crippen MR) is 125 cm³/mol. The van der Waals surface area contributed by atoms with Gasteiger partial charge in [0.25, 0.3) is 0 Å². The maximum atomic E-state index is 12.8. The Bertz CT molecular complexity index is 1000. The van der Waals surface area contributed by atoms with Crippen LogP contribution in [0.4, 0.5) is 4.79 Å². The van der Waals surface area contributed by atoms with Crippen molar-refractivity contribution in [1.82, 2.24) is 20.1 Å². The topological polar surface area (TPSA) is 60.6 Å². The average Bonchev–Trinajstić information content (AvgIpc) is 3.23. The lowest BCUT2D eigenvalue weighted by Gasteiger charge is -2.33. The third-order valence-corrected chi connectivity index (χ3v) is 6.41. The van der Waals surface area contributed by atoms with Crippen molar-refractivity contribution in [3.05, 3.63) is 65.9 Å². The van der Waals surface area contributed by atoms with Crippen molar-refractivity contribution in [2.24, 2.45) is 0 Å². The number of carbonyl (C=O) groups excluding carboxylic acids is 1. The molecule has 2 N–H and O–H groups in total. The van der Waals surface area contributed by atoms with Gasteiger partial charge in [0.15, 0.2) is 0 Å². The minimum absolute atomic E-state index is 0.0257. The summed E-state index contributed by atoms with van der Waals surface area (Å²) in [5.41, 5.74) is 3.72. The summed E-state index contributed by atoms with van der Waals surface area (Å²) in [5, 5.41) is 4.45. The Morgan fingerprint density at radius 2 is 1.87 bits per heavy atom. The van der Waals surface area contributed by atoms with Crippen molar-refractivity contribution >= 4 is 16.9 Å². The zero-order chi connectivity index (χ0) is 21.8. The van der Waals surface area contributed by atoms with Gasteiger partial charge in [-0.2, -0.15) is 0 Å². The molecule has 2 amide bonds. The number of benzene rings is 2. The molecule has 1 atom stereocenters. The Kier molecular flexibility index (Phi) is 6.47. The highest BCUT2D eigenvalue weighted by Gasteiger charge is 2.26. The number of nitrogens with zero attached hydrogens (tertiary/aromatic N) is 2. The van der Waals surface area contributed by atoms with Gasteiger partial charge >= 0.3 is 6.03 Å². The Morgan fingerprint density at radius 1 is 1.16 bits per heavy atom. The number of likely N-dealkylation sites (tertiary alicyclic amines) is 1. The molecule has 1 aliphatic rings. The summed E-state index contributed by atoms with van der Waals surface area (Å²) in [6.07, 6.45) is 4.12. The quantitative estimate of drug-likeness (QED) is 0.623. The first-order chi connectivity index (χ1) is 15.1. The Balaban J connectivity index is 1.32. The van der Waals surface area contributed by atoms with Crippen LogP contribution >= 0.6 is 0 Å². The lowest BCUT2D eigenvalue weighted by atomic mass is 9.89. The molecule has 2 heterocycles. The Hall–Kier alpha value is -2.99. The van der Waals surface area contributed by atoms with E-state index < -0.39 is 0 Å². The maximum Gasteiger partial charge on any atom is 0.317 e. The summed E-state index contributed by atoms with van der Waals surface area (Å²) >= 11 is 0. The van der Waals surface area contributed by atoms with E-state index >= 15 is 0 Å². The molecule has 164 valence electrons. The Morgan fingerprint density at radius 3 is 2.55 bits per heavy atom. The number of aromatic amines is 1. The van der Waals surface area contributed by atoms with Crippen LogP contribution in [0.5, 0.6) is 5.75 Å². The molecular formula is C25H32N4O2. The number of likely N-dealkylation sites (N-methyl/N-ethyl adjacent to an activating group) is 1. The normalized spacial score (nSPS) is 15.9. The third-order valence-electron chi connectivity index (χ3n) is 6.41. The molecular weight excluding hydrogens is 388 g/mol.